The Morgan fingerprint density at radius 1 is 0.923 bits per heavy atom. The van der Waals surface area contributed by atoms with Gasteiger partial charge in [0.1, 0.15) is 5.75 Å². The van der Waals surface area contributed by atoms with Crippen LogP contribution in [-0.4, -0.2) is 51.0 Å². The number of benzene rings is 3. The molecule has 0 radical (unpaired) electrons. The lowest BCUT2D eigenvalue weighted by Gasteiger charge is -2.33. The van der Waals surface area contributed by atoms with E-state index in [2.05, 4.69) is 18.7 Å². The number of alkyl halides is 3. The zero-order valence-corrected chi connectivity index (χ0v) is 23.4. The maximum absolute atomic E-state index is 13.3. The fourth-order valence-electron chi connectivity index (χ4n) is 4.63. The lowest BCUT2D eigenvalue weighted by Crippen LogP contribution is -2.37. The molecule has 0 aliphatic heterocycles. The number of aliphatic hydroxyl groups is 1. The maximum Gasteiger partial charge on any atom is 0.416 e. The van der Waals surface area contributed by atoms with Crippen molar-refractivity contribution in [1.29, 1.82) is 0 Å². The van der Waals surface area contributed by atoms with Gasteiger partial charge in [-0.15, -0.1) is 0 Å². The fraction of sp³-hybridized carbons (Fsp3) is 0.400. The van der Waals surface area contributed by atoms with Gasteiger partial charge in [0.05, 0.1) is 17.1 Å². The molecule has 0 fully saturated rings. The number of rotatable bonds is 13. The van der Waals surface area contributed by atoms with Crippen molar-refractivity contribution in [1.82, 2.24) is 4.90 Å². The van der Waals surface area contributed by atoms with E-state index in [0.29, 0.717) is 49.5 Å². The molecule has 39 heavy (non-hydrogen) atoms. The van der Waals surface area contributed by atoms with Crippen molar-refractivity contribution in [3.8, 4) is 5.75 Å². The highest BCUT2D eigenvalue weighted by Crippen LogP contribution is 2.31. The van der Waals surface area contributed by atoms with Gasteiger partial charge in [-0.05, 0) is 47.7 Å². The average Bonchev–Trinajstić information content (AvgIpc) is 2.87. The Bertz CT molecular complexity index is 1330. The van der Waals surface area contributed by atoms with E-state index in [9.17, 15) is 26.7 Å². The molecule has 9 heteroatoms. The largest absolute Gasteiger partial charge is 0.494 e. The molecule has 3 aromatic rings. The molecule has 0 heterocycles. The van der Waals surface area contributed by atoms with Crippen molar-refractivity contribution >= 4 is 9.84 Å². The molecular weight excluding hydrogens is 527 g/mol. The molecule has 0 bridgehead atoms. The summed E-state index contributed by atoms with van der Waals surface area (Å²) in [5.41, 5.74) is 1.31. The Morgan fingerprint density at radius 3 is 2.26 bits per heavy atom. The van der Waals surface area contributed by atoms with Crippen LogP contribution < -0.4 is 4.74 Å². The molecule has 0 aliphatic carbocycles. The van der Waals surface area contributed by atoms with Gasteiger partial charge in [-0.2, -0.15) is 13.2 Å². The summed E-state index contributed by atoms with van der Waals surface area (Å²) in [6.07, 6.45) is -2.48. The summed E-state index contributed by atoms with van der Waals surface area (Å²) in [5.74, 6) is 0.408. The van der Waals surface area contributed by atoms with Gasteiger partial charge >= 0.3 is 6.18 Å². The van der Waals surface area contributed by atoms with Crippen molar-refractivity contribution < 1.29 is 31.4 Å². The zero-order valence-electron chi connectivity index (χ0n) is 22.5. The van der Waals surface area contributed by atoms with Gasteiger partial charge in [0, 0.05) is 37.9 Å². The third-order valence-corrected chi connectivity index (χ3v) is 7.72. The summed E-state index contributed by atoms with van der Waals surface area (Å²) in [6, 6.07) is 20.2. The number of hydrogen-bond donors (Lipinski definition) is 1. The van der Waals surface area contributed by atoms with Crippen molar-refractivity contribution in [3.05, 3.63) is 95.1 Å². The van der Waals surface area contributed by atoms with Gasteiger partial charge in [0.25, 0.3) is 0 Å². The van der Waals surface area contributed by atoms with Crippen LogP contribution in [0.15, 0.2) is 77.7 Å². The lowest BCUT2D eigenvalue weighted by atomic mass is 9.84. The second-order valence-electron chi connectivity index (χ2n) is 10.4. The first-order chi connectivity index (χ1) is 18.3. The molecule has 0 spiro atoms. The van der Waals surface area contributed by atoms with Crippen LogP contribution in [0.1, 0.15) is 42.5 Å². The Labute approximate surface area is 229 Å². The van der Waals surface area contributed by atoms with E-state index < -0.39 is 21.6 Å². The number of halogens is 3. The van der Waals surface area contributed by atoms with E-state index >= 15 is 0 Å². The summed E-state index contributed by atoms with van der Waals surface area (Å²) in [4.78, 5) is 2.25. The number of nitrogens with zero attached hydrogens (tertiary/aromatic N) is 1. The van der Waals surface area contributed by atoms with Gasteiger partial charge in [0.15, 0.2) is 9.84 Å². The monoisotopic (exact) mass is 563 g/mol. The summed E-state index contributed by atoms with van der Waals surface area (Å²) in [6.45, 7) is 5.87. The van der Waals surface area contributed by atoms with Crippen molar-refractivity contribution in [2.75, 3.05) is 32.6 Å². The van der Waals surface area contributed by atoms with Gasteiger partial charge in [-0.3, -0.25) is 4.90 Å². The van der Waals surface area contributed by atoms with Crippen molar-refractivity contribution in [2.24, 2.45) is 0 Å². The fourth-order valence-corrected chi connectivity index (χ4v) is 5.61. The Kier molecular flexibility index (Phi) is 10.2. The predicted molar refractivity (Wildman–Crippen MR) is 147 cm³/mol. The van der Waals surface area contributed by atoms with Crippen molar-refractivity contribution in [3.63, 3.8) is 0 Å². The Balaban J connectivity index is 1.73. The van der Waals surface area contributed by atoms with Gasteiger partial charge in [-0.1, -0.05) is 68.4 Å². The second-order valence-corrected chi connectivity index (χ2v) is 12.4. The summed E-state index contributed by atoms with van der Waals surface area (Å²) in [5, 5.41) is 9.23. The topological polar surface area (TPSA) is 66.8 Å². The van der Waals surface area contributed by atoms with Crippen LogP contribution in [0, 0.1) is 0 Å². The smallest absolute Gasteiger partial charge is 0.416 e. The van der Waals surface area contributed by atoms with Crippen LogP contribution >= 0.6 is 0 Å². The highest BCUT2D eigenvalue weighted by Gasteiger charge is 2.31. The molecule has 0 atom stereocenters. The third kappa shape index (κ3) is 9.08. The molecule has 0 saturated heterocycles. The first-order valence-electron chi connectivity index (χ1n) is 12.8. The van der Waals surface area contributed by atoms with Gasteiger partial charge in [0.2, 0.25) is 0 Å². The Morgan fingerprint density at radius 2 is 1.62 bits per heavy atom. The minimum Gasteiger partial charge on any atom is -0.494 e. The molecule has 1 N–H and O–H groups in total. The first-order valence-corrected chi connectivity index (χ1v) is 14.7. The Hall–Kier alpha value is -2.88. The predicted octanol–water partition coefficient (Wildman–Crippen LogP) is 5.89. The number of ether oxygens (including phenoxy) is 1. The minimum atomic E-state index is -4.41. The zero-order chi connectivity index (χ0) is 28.7. The molecule has 3 rings (SSSR count). The number of aliphatic hydroxyl groups excluding tert-OH is 1. The minimum absolute atomic E-state index is 0.129. The number of hydrogen-bond acceptors (Lipinski definition) is 5. The SMILES string of the molecule is CC(C)(CN(CCCOc1ccc(CCO)c(S(C)(=O)=O)c1)Cc1cccc(C(F)(F)F)c1)c1ccccc1. The van der Waals surface area contributed by atoms with E-state index in [1.54, 1.807) is 18.2 Å². The van der Waals surface area contributed by atoms with E-state index in [4.69, 9.17) is 4.74 Å². The van der Waals surface area contributed by atoms with E-state index in [1.165, 1.54) is 18.2 Å². The molecule has 3 aromatic carbocycles. The van der Waals surface area contributed by atoms with Crippen LogP contribution in [0.4, 0.5) is 13.2 Å². The van der Waals surface area contributed by atoms with Crippen LogP contribution in [0.25, 0.3) is 0 Å². The molecule has 212 valence electrons. The molecular formula is C30H36F3NO4S. The van der Waals surface area contributed by atoms with Gasteiger partial charge in [-0.25, -0.2) is 8.42 Å². The molecule has 0 saturated carbocycles. The molecule has 0 unspecified atom stereocenters. The number of sulfone groups is 1. The normalized spacial score (nSPS) is 12.6. The standard InChI is InChI=1S/C30H36F3NO4S/c1-29(2,25-10-5-4-6-11-25)22-34(21-23-9-7-12-26(19-23)30(31,32)33)16-8-18-38-27-14-13-24(15-17-35)28(20-27)39(3,36)37/h4-7,9-14,19-20,35H,8,15-18,21-22H2,1-3H3. The van der Waals surface area contributed by atoms with Gasteiger partial charge < -0.3 is 9.84 Å². The quantitative estimate of drug-likeness (QED) is 0.263. The average molecular weight is 564 g/mol. The van der Waals surface area contributed by atoms with Crippen molar-refractivity contribution in [2.45, 2.75) is 49.7 Å². The third-order valence-electron chi connectivity index (χ3n) is 6.54. The summed E-state index contributed by atoms with van der Waals surface area (Å²) in [7, 11) is -3.50. The molecule has 0 amide bonds. The van der Waals surface area contributed by atoms with Crippen LogP contribution in [0.5, 0.6) is 5.75 Å². The summed E-state index contributed by atoms with van der Waals surface area (Å²) >= 11 is 0. The molecule has 0 aromatic heterocycles. The van der Waals surface area contributed by atoms with Crippen LogP contribution in [0.3, 0.4) is 0 Å². The van der Waals surface area contributed by atoms with Crippen LogP contribution in [0.2, 0.25) is 0 Å². The lowest BCUT2D eigenvalue weighted by molar-refractivity contribution is -0.137. The maximum atomic E-state index is 13.3. The highest BCUT2D eigenvalue weighted by atomic mass is 32.2. The van der Waals surface area contributed by atoms with E-state index in [0.717, 1.165) is 17.9 Å². The molecule has 5 nitrogen and oxygen atoms in total. The second kappa shape index (κ2) is 13.0. The first kappa shape index (κ1) is 30.7. The van der Waals surface area contributed by atoms with E-state index in [-0.39, 0.29) is 23.3 Å². The van der Waals surface area contributed by atoms with E-state index in [1.807, 2.05) is 30.3 Å². The molecule has 0 aliphatic rings. The summed E-state index contributed by atoms with van der Waals surface area (Å²) < 4.78 is 70.1. The highest BCUT2D eigenvalue weighted by molar-refractivity contribution is 7.90. The van der Waals surface area contributed by atoms with Crippen LogP contribution in [-0.2, 0) is 34.4 Å².